The molecule has 0 saturated heterocycles. The van der Waals surface area contributed by atoms with Gasteiger partial charge in [-0.1, -0.05) is 13.8 Å². The van der Waals surface area contributed by atoms with E-state index in [-0.39, 0.29) is 17.3 Å². The van der Waals surface area contributed by atoms with Crippen molar-refractivity contribution in [2.45, 2.75) is 32.2 Å². The lowest BCUT2D eigenvalue weighted by atomic mass is 9.87. The summed E-state index contributed by atoms with van der Waals surface area (Å²) in [5.74, 6) is -0.231. The standard InChI is InChI=1S/C14H19FN2O2/c1-9(16-13(18)19)7-17-8-14(2,3)11-6-10(15)4-5-12(11)17/h4-6,9,16H,7-8H2,1-3H3,(H,18,19). The number of amides is 1. The van der Waals surface area contributed by atoms with Crippen LogP contribution in [0.3, 0.4) is 0 Å². The summed E-state index contributed by atoms with van der Waals surface area (Å²) >= 11 is 0. The summed E-state index contributed by atoms with van der Waals surface area (Å²) in [5.41, 5.74) is 1.85. The Bertz CT molecular complexity index is 502. The van der Waals surface area contributed by atoms with Gasteiger partial charge in [0.25, 0.3) is 0 Å². The second-order valence-corrected chi connectivity index (χ2v) is 5.78. The monoisotopic (exact) mass is 266 g/mol. The Morgan fingerprint density at radius 3 is 2.89 bits per heavy atom. The fourth-order valence-corrected chi connectivity index (χ4v) is 2.72. The van der Waals surface area contributed by atoms with Gasteiger partial charge in [-0.15, -0.1) is 0 Å². The third kappa shape index (κ3) is 2.80. The molecule has 19 heavy (non-hydrogen) atoms. The largest absolute Gasteiger partial charge is 0.465 e. The first kappa shape index (κ1) is 13.6. The highest BCUT2D eigenvalue weighted by molar-refractivity contribution is 5.65. The van der Waals surface area contributed by atoms with Crippen LogP contribution in [0.15, 0.2) is 18.2 Å². The Balaban J connectivity index is 2.20. The zero-order valence-electron chi connectivity index (χ0n) is 11.4. The molecule has 4 nitrogen and oxygen atoms in total. The van der Waals surface area contributed by atoms with Crippen molar-refractivity contribution in [2.75, 3.05) is 18.0 Å². The molecule has 1 aromatic carbocycles. The minimum atomic E-state index is -1.02. The maximum atomic E-state index is 13.4. The first-order valence-corrected chi connectivity index (χ1v) is 6.34. The van der Waals surface area contributed by atoms with Crippen LogP contribution in [-0.4, -0.2) is 30.3 Å². The number of anilines is 1. The summed E-state index contributed by atoms with van der Waals surface area (Å²) in [6, 6.07) is 4.62. The van der Waals surface area contributed by atoms with Crippen LogP contribution >= 0.6 is 0 Å². The molecule has 1 amide bonds. The lowest BCUT2D eigenvalue weighted by Crippen LogP contribution is -2.42. The molecule has 1 aliphatic heterocycles. The summed E-state index contributed by atoms with van der Waals surface area (Å²) in [5, 5.41) is 11.2. The lowest BCUT2D eigenvalue weighted by molar-refractivity contribution is 0.191. The van der Waals surface area contributed by atoms with E-state index in [1.54, 1.807) is 12.1 Å². The Morgan fingerprint density at radius 1 is 1.58 bits per heavy atom. The van der Waals surface area contributed by atoms with Crippen molar-refractivity contribution in [1.29, 1.82) is 0 Å². The summed E-state index contributed by atoms with van der Waals surface area (Å²) in [4.78, 5) is 12.7. The molecule has 0 bridgehead atoms. The van der Waals surface area contributed by atoms with E-state index >= 15 is 0 Å². The third-order valence-corrected chi connectivity index (χ3v) is 3.48. The van der Waals surface area contributed by atoms with Gasteiger partial charge in [0.2, 0.25) is 0 Å². The van der Waals surface area contributed by atoms with E-state index in [9.17, 15) is 9.18 Å². The molecule has 2 rings (SSSR count). The highest BCUT2D eigenvalue weighted by Crippen LogP contribution is 2.40. The summed E-state index contributed by atoms with van der Waals surface area (Å²) in [6.07, 6.45) is -1.02. The predicted octanol–water partition coefficient (Wildman–Crippen LogP) is 2.58. The molecule has 0 radical (unpaired) electrons. The fraction of sp³-hybridized carbons (Fsp3) is 0.500. The van der Waals surface area contributed by atoms with Crippen molar-refractivity contribution in [3.8, 4) is 0 Å². The van der Waals surface area contributed by atoms with Gasteiger partial charge in [0, 0.05) is 30.2 Å². The van der Waals surface area contributed by atoms with Crippen molar-refractivity contribution >= 4 is 11.8 Å². The SMILES string of the molecule is CC(CN1CC(C)(C)c2cc(F)ccc21)NC(=O)O. The van der Waals surface area contributed by atoms with Crippen LogP contribution in [0.1, 0.15) is 26.3 Å². The summed E-state index contributed by atoms with van der Waals surface area (Å²) < 4.78 is 13.4. The number of hydrogen-bond donors (Lipinski definition) is 2. The van der Waals surface area contributed by atoms with E-state index in [0.717, 1.165) is 17.8 Å². The van der Waals surface area contributed by atoms with E-state index in [0.29, 0.717) is 6.54 Å². The number of carboxylic acid groups (broad SMARTS) is 1. The number of hydrogen-bond acceptors (Lipinski definition) is 2. The minimum Gasteiger partial charge on any atom is -0.465 e. The molecule has 2 N–H and O–H groups in total. The second-order valence-electron chi connectivity index (χ2n) is 5.78. The van der Waals surface area contributed by atoms with Gasteiger partial charge in [0.15, 0.2) is 0 Å². The number of carbonyl (C=O) groups is 1. The van der Waals surface area contributed by atoms with Crippen molar-refractivity contribution in [3.05, 3.63) is 29.6 Å². The molecule has 0 fully saturated rings. The zero-order valence-corrected chi connectivity index (χ0v) is 11.4. The molecule has 1 aromatic rings. The van der Waals surface area contributed by atoms with Gasteiger partial charge in [-0.05, 0) is 30.7 Å². The van der Waals surface area contributed by atoms with E-state index < -0.39 is 6.09 Å². The van der Waals surface area contributed by atoms with Gasteiger partial charge in [0.1, 0.15) is 5.82 Å². The van der Waals surface area contributed by atoms with E-state index in [1.807, 2.05) is 6.92 Å². The maximum Gasteiger partial charge on any atom is 0.404 e. The van der Waals surface area contributed by atoms with Crippen molar-refractivity contribution < 1.29 is 14.3 Å². The molecular weight excluding hydrogens is 247 g/mol. The fourth-order valence-electron chi connectivity index (χ4n) is 2.72. The van der Waals surface area contributed by atoms with Crippen LogP contribution in [-0.2, 0) is 5.41 Å². The number of halogens is 1. The smallest absolute Gasteiger partial charge is 0.404 e. The molecular formula is C14H19FN2O2. The number of fused-ring (bicyclic) bond motifs is 1. The van der Waals surface area contributed by atoms with E-state index in [1.165, 1.54) is 6.07 Å². The molecule has 0 spiro atoms. The molecule has 104 valence electrons. The molecule has 1 atom stereocenters. The lowest BCUT2D eigenvalue weighted by Gasteiger charge is -2.25. The second kappa shape index (κ2) is 4.72. The topological polar surface area (TPSA) is 52.6 Å². The highest BCUT2D eigenvalue weighted by atomic mass is 19.1. The number of rotatable bonds is 3. The number of benzene rings is 1. The Hall–Kier alpha value is -1.78. The van der Waals surface area contributed by atoms with Gasteiger partial charge < -0.3 is 15.3 Å². The molecule has 1 aliphatic rings. The van der Waals surface area contributed by atoms with Crippen LogP contribution in [0, 0.1) is 5.82 Å². The van der Waals surface area contributed by atoms with Crippen LogP contribution in [0.2, 0.25) is 0 Å². The molecule has 0 aliphatic carbocycles. The van der Waals surface area contributed by atoms with Crippen molar-refractivity contribution in [1.82, 2.24) is 5.32 Å². The van der Waals surface area contributed by atoms with Gasteiger partial charge in [0.05, 0.1) is 0 Å². The number of nitrogens with one attached hydrogen (secondary N) is 1. The van der Waals surface area contributed by atoms with Gasteiger partial charge in [-0.2, -0.15) is 0 Å². The van der Waals surface area contributed by atoms with Crippen molar-refractivity contribution in [2.24, 2.45) is 0 Å². The zero-order chi connectivity index (χ0) is 14.2. The van der Waals surface area contributed by atoms with E-state index in [4.69, 9.17) is 5.11 Å². The number of nitrogens with zero attached hydrogens (tertiary/aromatic N) is 1. The Labute approximate surface area is 112 Å². The Morgan fingerprint density at radius 2 is 2.26 bits per heavy atom. The molecule has 0 saturated carbocycles. The maximum absolute atomic E-state index is 13.4. The molecule has 1 heterocycles. The molecule has 0 aromatic heterocycles. The normalized spacial score (nSPS) is 18.0. The minimum absolute atomic E-state index is 0.125. The molecule has 5 heteroatoms. The molecule has 1 unspecified atom stereocenters. The third-order valence-electron chi connectivity index (χ3n) is 3.48. The summed E-state index contributed by atoms with van der Waals surface area (Å²) in [6.45, 7) is 7.30. The first-order chi connectivity index (χ1) is 8.79. The van der Waals surface area contributed by atoms with Gasteiger partial charge >= 0.3 is 6.09 Å². The highest BCUT2D eigenvalue weighted by Gasteiger charge is 2.35. The predicted molar refractivity (Wildman–Crippen MR) is 72.3 cm³/mol. The van der Waals surface area contributed by atoms with E-state index in [2.05, 4.69) is 24.1 Å². The van der Waals surface area contributed by atoms with Crippen molar-refractivity contribution in [3.63, 3.8) is 0 Å². The first-order valence-electron chi connectivity index (χ1n) is 6.34. The average Bonchev–Trinajstić information content (AvgIpc) is 2.49. The van der Waals surface area contributed by atoms with Crippen LogP contribution in [0.5, 0.6) is 0 Å². The van der Waals surface area contributed by atoms with Crippen LogP contribution < -0.4 is 10.2 Å². The quantitative estimate of drug-likeness (QED) is 0.884. The van der Waals surface area contributed by atoms with Gasteiger partial charge in [-0.3, -0.25) is 0 Å². The van der Waals surface area contributed by atoms with Gasteiger partial charge in [-0.25, -0.2) is 9.18 Å². The Kier molecular flexibility index (Phi) is 3.39. The summed E-state index contributed by atoms with van der Waals surface area (Å²) in [7, 11) is 0. The average molecular weight is 266 g/mol. The van der Waals surface area contributed by atoms with Crippen LogP contribution in [0.25, 0.3) is 0 Å². The van der Waals surface area contributed by atoms with Crippen LogP contribution in [0.4, 0.5) is 14.9 Å².